The van der Waals surface area contributed by atoms with Gasteiger partial charge in [0.1, 0.15) is 51.7 Å². The number of ether oxygens (including phenoxy) is 1. The van der Waals surface area contributed by atoms with Crippen LogP contribution >= 0.6 is 0 Å². The van der Waals surface area contributed by atoms with Gasteiger partial charge in [-0.2, -0.15) is 8.42 Å². The maximum atomic E-state index is 13.4. The van der Waals surface area contributed by atoms with Crippen molar-refractivity contribution in [3.63, 3.8) is 0 Å². The standard InChI is InChI=1S/C29H27FN4O4S.C7H8O3S/c1-39(35,36)14-13-31-17-25-10-12-28(38-25)21-5-11-27-26(16-21)29(33-19-32-27)34-23-6-8-24(9-7-23)37-18-20-3-2-4-22(30)15-20;1-6-2-4-7(5-3-6)11(8,9)10/h2-12,15-16,19,31H,13-14,17-18H2,1H3,(H,32,33,34);2-5H,1H3,(H,8,9,10). The number of nitrogens with one attached hydrogen (secondary N) is 2. The zero-order valence-corrected chi connectivity index (χ0v) is 28.8. The van der Waals surface area contributed by atoms with Gasteiger partial charge in [-0.1, -0.05) is 29.8 Å². The molecule has 2 aromatic heterocycles. The van der Waals surface area contributed by atoms with Crippen molar-refractivity contribution in [2.45, 2.75) is 25.0 Å². The molecular formula is C36H35FN4O7S2. The van der Waals surface area contributed by atoms with Crippen LogP contribution in [0.4, 0.5) is 15.9 Å². The number of benzene rings is 4. The molecule has 0 bridgehead atoms. The van der Waals surface area contributed by atoms with E-state index in [-0.39, 0.29) is 23.1 Å². The summed E-state index contributed by atoms with van der Waals surface area (Å²) in [5, 5.41) is 7.25. The smallest absolute Gasteiger partial charge is 0.294 e. The van der Waals surface area contributed by atoms with E-state index in [0.717, 1.165) is 33.3 Å². The first kappa shape index (κ1) is 36.1. The molecule has 2 heterocycles. The molecule has 11 nitrogen and oxygen atoms in total. The molecule has 14 heteroatoms. The summed E-state index contributed by atoms with van der Waals surface area (Å²) in [4.78, 5) is 8.75. The van der Waals surface area contributed by atoms with Gasteiger partial charge < -0.3 is 19.8 Å². The summed E-state index contributed by atoms with van der Waals surface area (Å²) in [6.07, 6.45) is 2.72. The normalized spacial score (nSPS) is 11.5. The van der Waals surface area contributed by atoms with Crippen molar-refractivity contribution in [2.24, 2.45) is 0 Å². The van der Waals surface area contributed by atoms with Gasteiger partial charge in [-0.3, -0.25) is 4.55 Å². The number of hydrogen-bond donors (Lipinski definition) is 3. The van der Waals surface area contributed by atoms with Crippen LogP contribution in [0, 0.1) is 12.7 Å². The van der Waals surface area contributed by atoms with Crippen LogP contribution in [-0.4, -0.2) is 49.9 Å². The Balaban J connectivity index is 0.000000377. The lowest BCUT2D eigenvalue weighted by Gasteiger charge is -2.11. The van der Waals surface area contributed by atoms with Crippen LogP contribution in [0.25, 0.3) is 22.2 Å². The topological polar surface area (TPSA) is 161 Å². The Hall–Kier alpha value is -5.15. The third-order valence-corrected chi connectivity index (χ3v) is 9.07. The Morgan fingerprint density at radius 3 is 2.34 bits per heavy atom. The number of furan rings is 1. The summed E-state index contributed by atoms with van der Waals surface area (Å²) in [5.74, 6) is 2.49. The molecular weight excluding hydrogens is 684 g/mol. The minimum Gasteiger partial charge on any atom is -0.489 e. The average Bonchev–Trinajstić information content (AvgIpc) is 3.55. The predicted octanol–water partition coefficient (Wildman–Crippen LogP) is 6.73. The van der Waals surface area contributed by atoms with Gasteiger partial charge >= 0.3 is 0 Å². The van der Waals surface area contributed by atoms with E-state index in [9.17, 15) is 21.2 Å². The highest BCUT2D eigenvalue weighted by atomic mass is 32.2. The molecule has 0 aliphatic heterocycles. The van der Waals surface area contributed by atoms with Crippen LogP contribution < -0.4 is 15.4 Å². The molecule has 0 aliphatic rings. The highest BCUT2D eigenvalue weighted by molar-refractivity contribution is 7.90. The van der Waals surface area contributed by atoms with Gasteiger partial charge in [-0.15, -0.1) is 0 Å². The highest BCUT2D eigenvalue weighted by Crippen LogP contribution is 2.30. The summed E-state index contributed by atoms with van der Waals surface area (Å²) in [7, 11) is -7.03. The molecule has 0 unspecified atom stereocenters. The first-order valence-corrected chi connectivity index (χ1v) is 18.8. The minimum absolute atomic E-state index is 0.0666. The zero-order valence-electron chi connectivity index (χ0n) is 27.2. The number of rotatable bonds is 12. The summed E-state index contributed by atoms with van der Waals surface area (Å²) in [6, 6.07) is 29.3. The molecule has 0 aliphatic carbocycles. The van der Waals surface area contributed by atoms with E-state index in [1.54, 1.807) is 18.2 Å². The fourth-order valence-corrected chi connectivity index (χ4v) is 5.68. The molecule has 0 radical (unpaired) electrons. The van der Waals surface area contributed by atoms with Crippen LogP contribution in [0.1, 0.15) is 16.9 Å². The predicted molar refractivity (Wildman–Crippen MR) is 190 cm³/mol. The molecule has 260 valence electrons. The zero-order chi connectivity index (χ0) is 35.7. The number of hydrogen-bond acceptors (Lipinski definition) is 10. The molecule has 0 amide bonds. The number of aryl methyl sites for hydroxylation is 1. The van der Waals surface area contributed by atoms with Crippen LogP contribution in [0.5, 0.6) is 5.75 Å². The van der Waals surface area contributed by atoms with E-state index < -0.39 is 20.0 Å². The molecule has 3 N–H and O–H groups in total. The van der Waals surface area contributed by atoms with Crippen LogP contribution in [-0.2, 0) is 33.1 Å². The van der Waals surface area contributed by atoms with Crippen molar-refractivity contribution in [1.82, 2.24) is 15.3 Å². The van der Waals surface area contributed by atoms with E-state index in [1.807, 2.05) is 67.6 Å². The quantitative estimate of drug-likeness (QED) is 0.0910. The molecule has 0 spiro atoms. The van der Waals surface area contributed by atoms with Gasteiger partial charge in [-0.05, 0) is 91.3 Å². The van der Waals surface area contributed by atoms with Crippen molar-refractivity contribution in [2.75, 3.05) is 23.9 Å². The summed E-state index contributed by atoms with van der Waals surface area (Å²) >= 11 is 0. The third-order valence-electron chi connectivity index (χ3n) is 7.26. The van der Waals surface area contributed by atoms with Crippen LogP contribution in [0.15, 0.2) is 119 Å². The second kappa shape index (κ2) is 16.0. The Kier molecular flexibility index (Phi) is 11.6. The van der Waals surface area contributed by atoms with Crippen molar-refractivity contribution in [3.8, 4) is 17.1 Å². The fraction of sp³-hybridized carbons (Fsp3) is 0.167. The molecule has 4 aromatic carbocycles. The average molecular weight is 719 g/mol. The summed E-state index contributed by atoms with van der Waals surface area (Å²) < 4.78 is 77.3. The van der Waals surface area contributed by atoms with Crippen molar-refractivity contribution >= 4 is 42.4 Å². The fourth-order valence-electron chi connectivity index (χ4n) is 4.68. The van der Waals surface area contributed by atoms with Gasteiger partial charge in [0.05, 0.1) is 22.7 Å². The monoisotopic (exact) mass is 718 g/mol. The van der Waals surface area contributed by atoms with Crippen molar-refractivity contribution in [3.05, 3.63) is 132 Å². The van der Waals surface area contributed by atoms with Crippen LogP contribution in [0.3, 0.4) is 0 Å². The largest absolute Gasteiger partial charge is 0.489 e. The number of nitrogens with zero attached hydrogens (tertiary/aromatic N) is 2. The number of aromatic nitrogens is 2. The summed E-state index contributed by atoms with van der Waals surface area (Å²) in [6.45, 7) is 2.90. The van der Waals surface area contributed by atoms with Gasteiger partial charge in [0.25, 0.3) is 10.1 Å². The number of anilines is 2. The molecule has 0 fully saturated rings. The Morgan fingerprint density at radius 2 is 1.64 bits per heavy atom. The molecule has 6 aromatic rings. The second-order valence-corrected chi connectivity index (χ2v) is 15.1. The maximum Gasteiger partial charge on any atom is 0.294 e. The van der Waals surface area contributed by atoms with Crippen molar-refractivity contribution in [1.29, 1.82) is 0 Å². The molecule has 50 heavy (non-hydrogen) atoms. The number of halogens is 1. The first-order valence-electron chi connectivity index (χ1n) is 15.3. The lowest BCUT2D eigenvalue weighted by atomic mass is 10.1. The second-order valence-electron chi connectivity index (χ2n) is 11.4. The molecule has 0 saturated heterocycles. The number of fused-ring (bicyclic) bond motifs is 1. The first-order chi connectivity index (χ1) is 23.8. The SMILES string of the molecule is CS(=O)(=O)CCNCc1ccc(-c2ccc3ncnc(Nc4ccc(OCc5cccc(F)c5)cc4)c3c2)o1.Cc1ccc(S(=O)(=O)O)cc1. The van der Waals surface area contributed by atoms with Gasteiger partial charge in [-0.25, -0.2) is 22.8 Å². The van der Waals surface area contributed by atoms with E-state index in [1.165, 1.54) is 36.8 Å². The van der Waals surface area contributed by atoms with E-state index in [0.29, 0.717) is 36.2 Å². The number of sulfone groups is 1. The van der Waals surface area contributed by atoms with Gasteiger partial charge in [0.15, 0.2) is 0 Å². The Labute approximate surface area is 289 Å². The lowest BCUT2D eigenvalue weighted by molar-refractivity contribution is 0.305. The summed E-state index contributed by atoms with van der Waals surface area (Å²) in [5.41, 5.74) is 4.17. The maximum absolute atomic E-state index is 13.4. The highest BCUT2D eigenvalue weighted by Gasteiger charge is 2.11. The van der Waals surface area contributed by atoms with Crippen LogP contribution in [0.2, 0.25) is 0 Å². The Bertz CT molecular complexity index is 2280. The van der Waals surface area contributed by atoms with E-state index >= 15 is 0 Å². The van der Waals surface area contributed by atoms with Crippen molar-refractivity contribution < 1.29 is 34.9 Å². The molecule has 0 saturated carbocycles. The van der Waals surface area contributed by atoms with E-state index in [4.69, 9.17) is 13.7 Å². The molecule has 0 atom stereocenters. The van der Waals surface area contributed by atoms with Gasteiger partial charge in [0, 0.05) is 29.4 Å². The Morgan fingerprint density at radius 1 is 0.880 bits per heavy atom. The van der Waals surface area contributed by atoms with Gasteiger partial charge in [0.2, 0.25) is 0 Å². The minimum atomic E-state index is -4.02. The lowest BCUT2D eigenvalue weighted by Crippen LogP contribution is -2.21. The third kappa shape index (κ3) is 10.7. The van der Waals surface area contributed by atoms with E-state index in [2.05, 4.69) is 20.6 Å². The molecule has 6 rings (SSSR count).